The molecule has 2 aliphatic rings. The molecule has 0 saturated heterocycles. The van der Waals surface area contributed by atoms with Crippen molar-refractivity contribution in [2.24, 2.45) is 11.8 Å². The molecule has 2 aliphatic carbocycles. The van der Waals surface area contributed by atoms with Gasteiger partial charge in [0.15, 0.2) is 0 Å². The van der Waals surface area contributed by atoms with Crippen molar-refractivity contribution >= 4 is 27.0 Å². The minimum atomic E-state index is 0.821. The van der Waals surface area contributed by atoms with Crippen LogP contribution in [0, 0.1) is 18.8 Å². The number of benzene rings is 1. The fourth-order valence-electron chi connectivity index (χ4n) is 4.34. The van der Waals surface area contributed by atoms with Crippen LogP contribution in [0.5, 0.6) is 0 Å². The Balaban J connectivity index is 1.84. The van der Waals surface area contributed by atoms with E-state index < -0.39 is 0 Å². The van der Waals surface area contributed by atoms with Gasteiger partial charge in [-0.15, -0.1) is 11.3 Å². The summed E-state index contributed by atoms with van der Waals surface area (Å²) in [5, 5.41) is 3.74. The zero-order valence-corrected chi connectivity index (χ0v) is 14.0. The van der Waals surface area contributed by atoms with Crippen LogP contribution in [-0.4, -0.2) is 25.5 Å². The van der Waals surface area contributed by atoms with Gasteiger partial charge in [0.25, 0.3) is 0 Å². The van der Waals surface area contributed by atoms with Crippen LogP contribution in [0.4, 0.5) is 0 Å². The van der Waals surface area contributed by atoms with Gasteiger partial charge in [0.2, 0.25) is 0 Å². The summed E-state index contributed by atoms with van der Waals surface area (Å²) in [5.41, 5.74) is 6.33. The highest BCUT2D eigenvalue weighted by molar-refractivity contribution is 7.17. The molecule has 0 radical (unpaired) electrons. The molecule has 1 saturated carbocycles. The Morgan fingerprint density at radius 1 is 1.19 bits per heavy atom. The SMILES string of the molecule is Cc1csc2ccc(C3=C(CN(C)C)C4CCC3C4)cc12. The van der Waals surface area contributed by atoms with Gasteiger partial charge in [-0.2, -0.15) is 0 Å². The van der Waals surface area contributed by atoms with E-state index in [2.05, 4.69) is 49.5 Å². The third kappa shape index (κ3) is 2.16. The van der Waals surface area contributed by atoms with E-state index in [0.29, 0.717) is 0 Å². The number of nitrogens with zero attached hydrogens (tertiary/aromatic N) is 1. The summed E-state index contributed by atoms with van der Waals surface area (Å²) in [5.74, 6) is 1.67. The van der Waals surface area contributed by atoms with Gasteiger partial charge in [0.05, 0.1) is 0 Å². The lowest BCUT2D eigenvalue weighted by Crippen LogP contribution is -2.19. The van der Waals surface area contributed by atoms with Crippen molar-refractivity contribution in [3.05, 3.63) is 40.3 Å². The first kappa shape index (κ1) is 13.5. The van der Waals surface area contributed by atoms with Crippen LogP contribution in [0.2, 0.25) is 0 Å². The molecule has 1 fully saturated rings. The first-order valence-corrected chi connectivity index (χ1v) is 8.87. The van der Waals surface area contributed by atoms with Crippen LogP contribution >= 0.6 is 11.3 Å². The van der Waals surface area contributed by atoms with Crippen LogP contribution in [0.3, 0.4) is 0 Å². The largest absolute Gasteiger partial charge is 0.305 e. The minimum Gasteiger partial charge on any atom is -0.305 e. The minimum absolute atomic E-state index is 0.821. The summed E-state index contributed by atoms with van der Waals surface area (Å²) in [7, 11) is 4.39. The Hall–Kier alpha value is -1.12. The average Bonchev–Trinajstić information content (AvgIpc) is 3.13. The molecule has 1 nitrogen and oxygen atoms in total. The van der Waals surface area contributed by atoms with Crippen molar-refractivity contribution in [2.75, 3.05) is 20.6 Å². The second-order valence-corrected chi connectivity index (χ2v) is 7.92. The summed E-state index contributed by atoms with van der Waals surface area (Å²) >= 11 is 1.87. The molecule has 2 heteroatoms. The number of allylic oxidation sites excluding steroid dienone is 1. The maximum atomic E-state index is 2.45. The van der Waals surface area contributed by atoms with E-state index in [1.165, 1.54) is 40.5 Å². The topological polar surface area (TPSA) is 3.24 Å². The Kier molecular flexibility index (Phi) is 3.20. The van der Waals surface area contributed by atoms with E-state index in [1.54, 1.807) is 11.1 Å². The molecule has 1 heterocycles. The predicted molar refractivity (Wildman–Crippen MR) is 92.9 cm³/mol. The van der Waals surface area contributed by atoms with Crippen molar-refractivity contribution in [2.45, 2.75) is 26.2 Å². The second-order valence-electron chi connectivity index (χ2n) is 7.01. The summed E-state index contributed by atoms with van der Waals surface area (Å²) in [6.45, 7) is 3.37. The summed E-state index contributed by atoms with van der Waals surface area (Å²) in [6.07, 6.45) is 4.22. The molecule has 1 aromatic heterocycles. The van der Waals surface area contributed by atoms with E-state index in [9.17, 15) is 0 Å². The summed E-state index contributed by atoms with van der Waals surface area (Å²) in [4.78, 5) is 2.34. The molecule has 0 amide bonds. The molecule has 110 valence electrons. The van der Waals surface area contributed by atoms with Gasteiger partial charge in [-0.1, -0.05) is 6.07 Å². The maximum Gasteiger partial charge on any atom is 0.0345 e. The van der Waals surface area contributed by atoms with Crippen LogP contribution in [0.1, 0.15) is 30.4 Å². The number of hydrogen-bond donors (Lipinski definition) is 0. The Labute approximate surface area is 131 Å². The smallest absolute Gasteiger partial charge is 0.0345 e. The number of likely N-dealkylation sites (N-methyl/N-ethyl adjacent to an activating group) is 1. The van der Waals surface area contributed by atoms with Gasteiger partial charge in [-0.25, -0.2) is 0 Å². The quantitative estimate of drug-likeness (QED) is 0.774. The van der Waals surface area contributed by atoms with Crippen LogP contribution < -0.4 is 0 Å². The van der Waals surface area contributed by atoms with Gasteiger partial charge < -0.3 is 4.90 Å². The van der Waals surface area contributed by atoms with Crippen LogP contribution in [0.25, 0.3) is 15.7 Å². The number of fused-ring (bicyclic) bond motifs is 3. The number of thiophene rings is 1. The molecule has 0 N–H and O–H groups in total. The summed E-state index contributed by atoms with van der Waals surface area (Å²) < 4.78 is 1.43. The van der Waals surface area contributed by atoms with E-state index in [-0.39, 0.29) is 0 Å². The van der Waals surface area contributed by atoms with Gasteiger partial charge in [-0.05, 0) is 97.3 Å². The molecule has 2 bridgehead atoms. The highest BCUT2D eigenvalue weighted by Gasteiger charge is 2.39. The van der Waals surface area contributed by atoms with Gasteiger partial charge in [0, 0.05) is 11.2 Å². The first-order chi connectivity index (χ1) is 10.1. The number of hydrogen-bond acceptors (Lipinski definition) is 2. The monoisotopic (exact) mass is 297 g/mol. The van der Waals surface area contributed by atoms with E-state index in [0.717, 1.165) is 18.4 Å². The van der Waals surface area contributed by atoms with Gasteiger partial charge >= 0.3 is 0 Å². The molecule has 2 aromatic rings. The highest BCUT2D eigenvalue weighted by atomic mass is 32.1. The Morgan fingerprint density at radius 3 is 2.81 bits per heavy atom. The standard InChI is InChI=1S/C19H23NS/c1-12-11-21-18-7-6-15(9-16(12)18)19-14-5-4-13(8-14)17(19)10-20(2)3/h6-7,9,11,13-14H,4-5,8,10H2,1-3H3. The Bertz CT molecular complexity index is 722. The molecule has 0 spiro atoms. The van der Waals surface area contributed by atoms with E-state index >= 15 is 0 Å². The fraction of sp³-hybridized carbons (Fsp3) is 0.474. The fourth-order valence-corrected chi connectivity index (χ4v) is 5.27. The third-order valence-electron chi connectivity index (χ3n) is 5.24. The zero-order chi connectivity index (χ0) is 14.6. The highest BCUT2D eigenvalue weighted by Crippen LogP contribution is 2.52. The average molecular weight is 297 g/mol. The molecule has 1 aromatic carbocycles. The maximum absolute atomic E-state index is 2.45. The van der Waals surface area contributed by atoms with Crippen molar-refractivity contribution in [3.63, 3.8) is 0 Å². The molecule has 2 unspecified atom stereocenters. The van der Waals surface area contributed by atoms with Crippen molar-refractivity contribution in [1.29, 1.82) is 0 Å². The Morgan fingerprint density at radius 2 is 2.00 bits per heavy atom. The second kappa shape index (κ2) is 4.96. The lowest BCUT2D eigenvalue weighted by Gasteiger charge is -2.23. The lowest BCUT2D eigenvalue weighted by molar-refractivity contribution is 0.423. The lowest BCUT2D eigenvalue weighted by atomic mass is 9.86. The van der Waals surface area contributed by atoms with E-state index in [1.807, 2.05) is 11.3 Å². The van der Waals surface area contributed by atoms with Crippen LogP contribution in [0.15, 0.2) is 29.2 Å². The molecule has 4 rings (SSSR count). The van der Waals surface area contributed by atoms with Gasteiger partial charge in [-0.3, -0.25) is 0 Å². The predicted octanol–water partition coefficient (Wildman–Crippen LogP) is 4.95. The normalized spacial score (nSPS) is 24.8. The molecular formula is C19H23NS. The molecule has 21 heavy (non-hydrogen) atoms. The molecule has 2 atom stereocenters. The van der Waals surface area contributed by atoms with Crippen molar-refractivity contribution < 1.29 is 0 Å². The third-order valence-corrected chi connectivity index (χ3v) is 6.33. The first-order valence-electron chi connectivity index (χ1n) is 7.99. The van der Waals surface area contributed by atoms with Gasteiger partial charge in [0.1, 0.15) is 0 Å². The van der Waals surface area contributed by atoms with Crippen molar-refractivity contribution in [3.8, 4) is 0 Å². The molecular weight excluding hydrogens is 274 g/mol. The molecule has 0 aliphatic heterocycles. The summed E-state index contributed by atoms with van der Waals surface area (Å²) in [6, 6.07) is 7.14. The van der Waals surface area contributed by atoms with Crippen LogP contribution in [-0.2, 0) is 0 Å². The zero-order valence-electron chi connectivity index (χ0n) is 13.1. The number of aryl methyl sites for hydroxylation is 1. The van der Waals surface area contributed by atoms with E-state index in [4.69, 9.17) is 0 Å². The number of rotatable bonds is 3. The van der Waals surface area contributed by atoms with Crippen molar-refractivity contribution in [1.82, 2.24) is 4.90 Å².